The molecule has 0 aromatic heterocycles. The molecule has 0 heterocycles. The van der Waals surface area contributed by atoms with Crippen LogP contribution in [-0.4, -0.2) is 18.1 Å². The van der Waals surface area contributed by atoms with Gasteiger partial charge < -0.3 is 0 Å². The molecule has 1 aromatic rings. The molecule has 0 spiro atoms. The van der Waals surface area contributed by atoms with E-state index < -0.39 is 11.6 Å². The van der Waals surface area contributed by atoms with Crippen molar-refractivity contribution in [2.24, 2.45) is 5.84 Å². The molecule has 0 aliphatic heterocycles. The molecule has 1 aromatic carbocycles. The maximum absolute atomic E-state index is 13.6. The molecule has 0 aliphatic carbocycles. The second kappa shape index (κ2) is 6.54. The third kappa shape index (κ3) is 3.41. The zero-order chi connectivity index (χ0) is 12.1. The smallest absolute Gasteiger partial charge is 0.143 e. The number of hydrazine groups is 1. The van der Waals surface area contributed by atoms with E-state index in [2.05, 4.69) is 21.4 Å². The highest BCUT2D eigenvalue weighted by Crippen LogP contribution is 2.23. The Morgan fingerprint density at radius 1 is 1.50 bits per heavy atom. The summed E-state index contributed by atoms with van der Waals surface area (Å²) in [5, 5.41) is 0. The summed E-state index contributed by atoms with van der Waals surface area (Å²) in [6.07, 6.45) is 2.15. The molecular weight excluding hydrogens is 298 g/mol. The quantitative estimate of drug-likeness (QED) is 0.498. The minimum absolute atomic E-state index is 0.0615. The van der Waals surface area contributed by atoms with Crippen LogP contribution in [-0.2, 0) is 6.42 Å². The van der Waals surface area contributed by atoms with E-state index in [4.69, 9.17) is 5.84 Å². The van der Waals surface area contributed by atoms with Gasteiger partial charge in [0, 0.05) is 17.4 Å². The molecule has 3 N–H and O–H groups in total. The van der Waals surface area contributed by atoms with Crippen LogP contribution in [0.25, 0.3) is 0 Å². The highest BCUT2D eigenvalue weighted by Gasteiger charge is 2.16. The van der Waals surface area contributed by atoms with Gasteiger partial charge in [0.05, 0.1) is 4.47 Å². The maximum atomic E-state index is 13.6. The molecule has 0 bridgehead atoms. The van der Waals surface area contributed by atoms with E-state index in [1.807, 2.05) is 6.26 Å². The highest BCUT2D eigenvalue weighted by atomic mass is 79.9. The Morgan fingerprint density at radius 2 is 2.19 bits per heavy atom. The fourth-order valence-electron chi connectivity index (χ4n) is 1.37. The van der Waals surface area contributed by atoms with Crippen molar-refractivity contribution in [3.63, 3.8) is 0 Å². The van der Waals surface area contributed by atoms with Gasteiger partial charge in [0.2, 0.25) is 0 Å². The largest absolute Gasteiger partial charge is 0.271 e. The van der Waals surface area contributed by atoms with Crippen molar-refractivity contribution in [1.82, 2.24) is 5.43 Å². The van der Waals surface area contributed by atoms with Gasteiger partial charge in [-0.25, -0.2) is 8.78 Å². The van der Waals surface area contributed by atoms with Crippen LogP contribution in [0.3, 0.4) is 0 Å². The molecule has 6 heteroatoms. The zero-order valence-corrected chi connectivity index (χ0v) is 11.2. The molecular formula is C10H13BrF2N2S. The Kier molecular flexibility index (Phi) is 5.68. The van der Waals surface area contributed by atoms with Crippen molar-refractivity contribution in [2.45, 2.75) is 12.5 Å². The monoisotopic (exact) mass is 310 g/mol. The second-order valence-electron chi connectivity index (χ2n) is 3.34. The summed E-state index contributed by atoms with van der Waals surface area (Å²) in [4.78, 5) is 0. The molecule has 0 fully saturated rings. The Labute approximate surface area is 106 Å². The first-order chi connectivity index (χ1) is 7.60. The van der Waals surface area contributed by atoms with Crippen LogP contribution >= 0.6 is 27.7 Å². The number of hydrogen-bond donors (Lipinski definition) is 2. The van der Waals surface area contributed by atoms with E-state index in [0.29, 0.717) is 5.75 Å². The summed E-state index contributed by atoms with van der Waals surface area (Å²) in [6, 6.07) is 2.45. The first kappa shape index (κ1) is 13.9. The van der Waals surface area contributed by atoms with Gasteiger partial charge in [0.25, 0.3) is 0 Å². The minimum Gasteiger partial charge on any atom is -0.271 e. The summed E-state index contributed by atoms with van der Waals surface area (Å²) in [5.41, 5.74) is 2.62. The van der Waals surface area contributed by atoms with E-state index >= 15 is 0 Å². The summed E-state index contributed by atoms with van der Waals surface area (Å²) in [5.74, 6) is 4.93. The molecule has 0 radical (unpaired) electrons. The van der Waals surface area contributed by atoms with Gasteiger partial charge in [-0.3, -0.25) is 11.3 Å². The average Bonchev–Trinajstić information content (AvgIpc) is 2.28. The standard InChI is InChI=1S/C10H13BrF2N2S/c1-16-5-6(15-14)4-7-9(12)3-2-8(11)10(7)13/h2-3,6,15H,4-5,14H2,1H3. The van der Waals surface area contributed by atoms with Gasteiger partial charge in [-0.2, -0.15) is 11.8 Å². The summed E-state index contributed by atoms with van der Waals surface area (Å²) < 4.78 is 27.3. The molecule has 0 aliphatic rings. The first-order valence-electron chi connectivity index (χ1n) is 4.67. The number of hydrogen-bond acceptors (Lipinski definition) is 3. The second-order valence-corrected chi connectivity index (χ2v) is 5.11. The van der Waals surface area contributed by atoms with Gasteiger partial charge in [-0.15, -0.1) is 0 Å². The molecule has 90 valence electrons. The number of nitrogens with one attached hydrogen (secondary N) is 1. The number of benzene rings is 1. The maximum Gasteiger partial charge on any atom is 0.143 e. The molecule has 16 heavy (non-hydrogen) atoms. The normalized spacial score (nSPS) is 12.8. The molecule has 0 amide bonds. The molecule has 1 unspecified atom stereocenters. The molecule has 0 saturated heterocycles. The first-order valence-corrected chi connectivity index (χ1v) is 6.86. The fourth-order valence-corrected chi connectivity index (χ4v) is 2.36. The van der Waals surface area contributed by atoms with Crippen molar-refractivity contribution in [1.29, 1.82) is 0 Å². The van der Waals surface area contributed by atoms with Crippen molar-refractivity contribution < 1.29 is 8.78 Å². The third-order valence-corrected chi connectivity index (χ3v) is 3.54. The lowest BCUT2D eigenvalue weighted by Gasteiger charge is -2.15. The number of thioether (sulfide) groups is 1. The SMILES string of the molecule is CSCC(Cc1c(F)ccc(Br)c1F)NN. The summed E-state index contributed by atoms with van der Waals surface area (Å²) >= 11 is 4.60. The van der Waals surface area contributed by atoms with Crippen LogP contribution in [0.2, 0.25) is 0 Å². The van der Waals surface area contributed by atoms with Crippen LogP contribution in [0.15, 0.2) is 16.6 Å². The number of nitrogens with two attached hydrogens (primary N) is 1. The van der Waals surface area contributed by atoms with Gasteiger partial charge >= 0.3 is 0 Å². The van der Waals surface area contributed by atoms with Crippen LogP contribution < -0.4 is 11.3 Å². The van der Waals surface area contributed by atoms with Crippen LogP contribution in [0.5, 0.6) is 0 Å². The predicted molar refractivity (Wildman–Crippen MR) is 67.3 cm³/mol. The van der Waals surface area contributed by atoms with Crippen LogP contribution in [0, 0.1) is 11.6 Å². The summed E-state index contributed by atoms with van der Waals surface area (Å²) in [6.45, 7) is 0. The molecule has 1 atom stereocenters. The van der Waals surface area contributed by atoms with Gasteiger partial charge in [0.1, 0.15) is 11.6 Å². The molecule has 1 rings (SSSR count). The topological polar surface area (TPSA) is 38.0 Å². The Hall–Kier alpha value is -0.170. The van der Waals surface area contributed by atoms with Crippen LogP contribution in [0.4, 0.5) is 8.78 Å². The molecule has 0 saturated carbocycles. The lowest BCUT2D eigenvalue weighted by Crippen LogP contribution is -2.39. The Balaban J connectivity index is 2.90. The van der Waals surface area contributed by atoms with E-state index in [1.165, 1.54) is 12.1 Å². The van der Waals surface area contributed by atoms with E-state index in [-0.39, 0.29) is 22.5 Å². The van der Waals surface area contributed by atoms with E-state index in [1.54, 1.807) is 11.8 Å². The number of halogens is 3. The lowest BCUT2D eigenvalue weighted by molar-refractivity contribution is 0.510. The van der Waals surface area contributed by atoms with E-state index in [9.17, 15) is 8.78 Å². The third-order valence-electron chi connectivity index (χ3n) is 2.19. The van der Waals surface area contributed by atoms with Crippen molar-refractivity contribution >= 4 is 27.7 Å². The van der Waals surface area contributed by atoms with Crippen molar-refractivity contribution in [3.8, 4) is 0 Å². The Morgan fingerprint density at radius 3 is 2.75 bits per heavy atom. The van der Waals surface area contributed by atoms with Gasteiger partial charge in [-0.1, -0.05) is 0 Å². The van der Waals surface area contributed by atoms with Crippen LogP contribution in [0.1, 0.15) is 5.56 Å². The summed E-state index contributed by atoms with van der Waals surface area (Å²) in [7, 11) is 0. The fraction of sp³-hybridized carbons (Fsp3) is 0.400. The van der Waals surface area contributed by atoms with Gasteiger partial charge in [-0.05, 0) is 40.7 Å². The molecule has 2 nitrogen and oxygen atoms in total. The zero-order valence-electron chi connectivity index (χ0n) is 8.77. The lowest BCUT2D eigenvalue weighted by atomic mass is 10.1. The van der Waals surface area contributed by atoms with Gasteiger partial charge in [0.15, 0.2) is 0 Å². The minimum atomic E-state index is -0.554. The van der Waals surface area contributed by atoms with Crippen molar-refractivity contribution in [2.75, 3.05) is 12.0 Å². The number of rotatable bonds is 5. The average molecular weight is 311 g/mol. The predicted octanol–water partition coefficient (Wildman–Crippen LogP) is 2.46. The van der Waals surface area contributed by atoms with Crippen molar-refractivity contribution in [3.05, 3.63) is 33.8 Å². The highest BCUT2D eigenvalue weighted by molar-refractivity contribution is 9.10. The Bertz CT molecular complexity index is 363. The van der Waals surface area contributed by atoms with E-state index in [0.717, 1.165) is 0 Å².